The van der Waals surface area contributed by atoms with Crippen molar-refractivity contribution >= 4 is 11.3 Å². The molecule has 0 spiro atoms. The van der Waals surface area contributed by atoms with Gasteiger partial charge in [-0.25, -0.2) is 0 Å². The highest BCUT2D eigenvalue weighted by Gasteiger charge is 2.19. The minimum absolute atomic E-state index is 0.809. The molecule has 2 nitrogen and oxygen atoms in total. The van der Waals surface area contributed by atoms with E-state index in [-0.39, 0.29) is 0 Å². The van der Waals surface area contributed by atoms with Gasteiger partial charge in [0.2, 0.25) is 0 Å². The van der Waals surface area contributed by atoms with Crippen LogP contribution in [0.25, 0.3) is 20.9 Å². The van der Waals surface area contributed by atoms with Crippen molar-refractivity contribution in [3.05, 3.63) is 130 Å². The lowest BCUT2D eigenvalue weighted by Crippen LogP contribution is -1.86. The Kier molecular flexibility index (Phi) is 7.83. The molecule has 3 heteroatoms. The normalized spacial score (nSPS) is 10.2. The lowest BCUT2D eigenvalue weighted by molar-refractivity contribution is 0.414. The molecule has 0 radical (unpaired) electrons. The van der Waals surface area contributed by atoms with Gasteiger partial charge in [0.15, 0.2) is 0 Å². The van der Waals surface area contributed by atoms with Gasteiger partial charge in [-0.2, -0.15) is 0 Å². The lowest BCUT2D eigenvalue weighted by Gasteiger charge is -2.01. The van der Waals surface area contributed by atoms with Crippen LogP contribution in [0.15, 0.2) is 97.1 Å². The summed E-state index contributed by atoms with van der Waals surface area (Å²) in [7, 11) is 3.33. The highest BCUT2D eigenvalue weighted by atomic mass is 32.1. The zero-order valence-corrected chi connectivity index (χ0v) is 23.3. The van der Waals surface area contributed by atoms with Crippen molar-refractivity contribution in [1.82, 2.24) is 0 Å². The first-order chi connectivity index (χ1) is 19.0. The molecule has 0 saturated carbocycles. The largest absolute Gasteiger partial charge is 0.497 e. The standard InChI is InChI=1S/C36H28O2S/c1-25-5-15-29(16-6-25)35-33(23-13-27-9-19-31(37-3)20-10-27)34(24-14-28-11-21-32(38-4)22-12-28)36(39-35)30-17-7-26(2)8-18-30/h5-12,15-22H,1-4H3. The maximum absolute atomic E-state index is 5.31. The molecule has 190 valence electrons. The Labute approximate surface area is 234 Å². The third kappa shape index (κ3) is 6.07. The molecule has 0 fully saturated rings. The zero-order valence-electron chi connectivity index (χ0n) is 22.5. The third-order valence-corrected chi connectivity index (χ3v) is 7.67. The van der Waals surface area contributed by atoms with Gasteiger partial charge in [0.1, 0.15) is 11.5 Å². The molecule has 0 atom stereocenters. The minimum Gasteiger partial charge on any atom is -0.497 e. The summed E-state index contributed by atoms with van der Waals surface area (Å²) in [6.45, 7) is 4.21. The molecule has 0 saturated heterocycles. The van der Waals surface area contributed by atoms with Gasteiger partial charge in [0, 0.05) is 11.1 Å². The SMILES string of the molecule is COc1ccc(C#Cc2c(-c3ccc(C)cc3)sc(-c3ccc(C)cc3)c2C#Cc2ccc(OC)cc2)cc1. The van der Waals surface area contributed by atoms with Gasteiger partial charge in [-0.15, -0.1) is 11.3 Å². The van der Waals surface area contributed by atoms with Gasteiger partial charge in [0.25, 0.3) is 0 Å². The summed E-state index contributed by atoms with van der Waals surface area (Å²) in [6, 6.07) is 32.9. The van der Waals surface area contributed by atoms with Crippen molar-refractivity contribution in [2.75, 3.05) is 14.2 Å². The summed E-state index contributed by atoms with van der Waals surface area (Å²) >= 11 is 1.74. The first-order valence-electron chi connectivity index (χ1n) is 12.7. The number of ether oxygens (including phenoxy) is 2. The summed E-state index contributed by atoms with van der Waals surface area (Å²) in [4.78, 5) is 2.23. The van der Waals surface area contributed by atoms with E-state index in [1.807, 2.05) is 48.5 Å². The van der Waals surface area contributed by atoms with E-state index in [2.05, 4.69) is 86.1 Å². The molecule has 0 aliphatic carbocycles. The Balaban J connectivity index is 1.72. The molecule has 0 aliphatic rings. The van der Waals surface area contributed by atoms with Crippen LogP contribution in [0.1, 0.15) is 33.4 Å². The van der Waals surface area contributed by atoms with Crippen LogP contribution in [0.2, 0.25) is 0 Å². The molecule has 5 rings (SSSR count). The second-order valence-corrected chi connectivity index (χ2v) is 10.2. The van der Waals surface area contributed by atoms with E-state index >= 15 is 0 Å². The van der Waals surface area contributed by atoms with Gasteiger partial charge in [0.05, 0.1) is 35.1 Å². The maximum atomic E-state index is 5.31. The van der Waals surface area contributed by atoms with E-state index in [4.69, 9.17) is 9.47 Å². The highest BCUT2D eigenvalue weighted by Crippen LogP contribution is 2.42. The van der Waals surface area contributed by atoms with Gasteiger partial charge < -0.3 is 9.47 Å². The monoisotopic (exact) mass is 524 g/mol. The summed E-state index contributed by atoms with van der Waals surface area (Å²) in [6.07, 6.45) is 0. The molecular weight excluding hydrogens is 496 g/mol. The molecule has 1 aromatic heterocycles. The topological polar surface area (TPSA) is 18.5 Å². The second kappa shape index (κ2) is 11.8. The number of hydrogen-bond acceptors (Lipinski definition) is 3. The van der Waals surface area contributed by atoms with Crippen LogP contribution in [-0.2, 0) is 0 Å². The molecule has 0 amide bonds. The molecule has 5 aromatic rings. The average molecular weight is 525 g/mol. The number of benzene rings is 4. The van der Waals surface area contributed by atoms with Crippen LogP contribution in [0, 0.1) is 37.5 Å². The van der Waals surface area contributed by atoms with Gasteiger partial charge in [-0.3, -0.25) is 0 Å². The molecule has 4 aromatic carbocycles. The van der Waals surface area contributed by atoms with Crippen molar-refractivity contribution in [1.29, 1.82) is 0 Å². The summed E-state index contributed by atoms with van der Waals surface area (Å²) in [5.41, 5.74) is 8.43. The van der Waals surface area contributed by atoms with Crippen molar-refractivity contribution in [2.45, 2.75) is 13.8 Å². The van der Waals surface area contributed by atoms with Crippen LogP contribution in [0.3, 0.4) is 0 Å². The second-order valence-electron chi connectivity index (χ2n) is 9.20. The third-order valence-electron chi connectivity index (χ3n) is 6.38. The predicted molar refractivity (Wildman–Crippen MR) is 163 cm³/mol. The first kappa shape index (κ1) is 25.9. The molecule has 0 unspecified atom stereocenters. The van der Waals surface area contributed by atoms with Crippen LogP contribution >= 0.6 is 11.3 Å². The Bertz CT molecular complexity index is 1570. The zero-order chi connectivity index (χ0) is 27.2. The van der Waals surface area contributed by atoms with Gasteiger partial charge in [-0.05, 0) is 73.5 Å². The fourth-order valence-electron chi connectivity index (χ4n) is 4.10. The fourth-order valence-corrected chi connectivity index (χ4v) is 5.33. The summed E-state index contributed by atoms with van der Waals surface area (Å²) < 4.78 is 10.6. The molecule has 39 heavy (non-hydrogen) atoms. The Morgan fingerprint density at radius 1 is 0.462 bits per heavy atom. The highest BCUT2D eigenvalue weighted by molar-refractivity contribution is 7.19. The minimum atomic E-state index is 0.809. The predicted octanol–water partition coefficient (Wildman–Crippen LogP) is 8.52. The van der Waals surface area contributed by atoms with Gasteiger partial charge in [-0.1, -0.05) is 83.3 Å². The summed E-state index contributed by atoms with van der Waals surface area (Å²) in [5.74, 6) is 15.4. The van der Waals surface area contributed by atoms with Crippen molar-refractivity contribution in [2.24, 2.45) is 0 Å². The molecular formula is C36H28O2S. The summed E-state index contributed by atoms with van der Waals surface area (Å²) in [5, 5.41) is 0. The molecule has 0 bridgehead atoms. The molecule has 0 aliphatic heterocycles. The average Bonchev–Trinajstić information content (AvgIpc) is 3.34. The number of aryl methyl sites for hydroxylation is 2. The maximum Gasteiger partial charge on any atom is 0.118 e. The van der Waals surface area contributed by atoms with Crippen LogP contribution < -0.4 is 9.47 Å². The van der Waals surface area contributed by atoms with E-state index in [0.717, 1.165) is 54.6 Å². The fraction of sp³-hybridized carbons (Fsp3) is 0.111. The Morgan fingerprint density at radius 2 is 0.821 bits per heavy atom. The number of rotatable bonds is 4. The lowest BCUT2D eigenvalue weighted by atomic mass is 10.00. The number of thiophene rings is 1. The smallest absolute Gasteiger partial charge is 0.118 e. The quantitative estimate of drug-likeness (QED) is 0.219. The van der Waals surface area contributed by atoms with Crippen LogP contribution in [0.5, 0.6) is 11.5 Å². The first-order valence-corrected chi connectivity index (χ1v) is 13.5. The van der Waals surface area contributed by atoms with E-state index in [9.17, 15) is 0 Å². The van der Waals surface area contributed by atoms with Crippen molar-refractivity contribution in [3.63, 3.8) is 0 Å². The van der Waals surface area contributed by atoms with E-state index in [0.29, 0.717) is 0 Å². The van der Waals surface area contributed by atoms with E-state index in [1.165, 1.54) is 11.1 Å². The van der Waals surface area contributed by atoms with E-state index in [1.54, 1.807) is 25.6 Å². The van der Waals surface area contributed by atoms with E-state index < -0.39 is 0 Å². The van der Waals surface area contributed by atoms with Crippen molar-refractivity contribution < 1.29 is 9.47 Å². The Hall–Kier alpha value is -4.70. The number of hydrogen-bond donors (Lipinski definition) is 0. The van der Waals surface area contributed by atoms with Crippen molar-refractivity contribution in [3.8, 4) is 56.1 Å². The molecule has 1 heterocycles. The number of methoxy groups -OCH3 is 2. The van der Waals surface area contributed by atoms with Gasteiger partial charge >= 0.3 is 0 Å². The molecule has 0 N–H and O–H groups in total. The van der Waals surface area contributed by atoms with Crippen LogP contribution in [0.4, 0.5) is 0 Å². The van der Waals surface area contributed by atoms with Crippen LogP contribution in [-0.4, -0.2) is 14.2 Å². The Morgan fingerprint density at radius 3 is 1.15 bits per heavy atom.